The third-order valence-corrected chi connectivity index (χ3v) is 4.10. The molecule has 1 atom stereocenters. The third kappa shape index (κ3) is 1.75. The second-order valence-electron chi connectivity index (χ2n) is 4.78. The molecular formula is C10H17N3S. The summed E-state index contributed by atoms with van der Waals surface area (Å²) >= 11 is 1.47. The molecule has 2 rings (SSSR count). The van der Waals surface area contributed by atoms with Crippen molar-refractivity contribution in [1.29, 1.82) is 0 Å². The summed E-state index contributed by atoms with van der Waals surface area (Å²) in [5, 5.41) is 1.13. The second kappa shape index (κ2) is 3.50. The minimum absolute atomic E-state index is 0.365. The first-order chi connectivity index (χ1) is 6.59. The van der Waals surface area contributed by atoms with Crippen molar-refractivity contribution in [3.63, 3.8) is 0 Å². The molecule has 4 heteroatoms. The van der Waals surface area contributed by atoms with Crippen LogP contribution in [0.15, 0.2) is 0 Å². The quantitative estimate of drug-likeness (QED) is 0.777. The van der Waals surface area contributed by atoms with E-state index in [0.717, 1.165) is 5.01 Å². The number of nitrogen functional groups attached to an aromatic ring is 1. The molecule has 0 aliphatic heterocycles. The number of anilines is 1. The highest BCUT2D eigenvalue weighted by atomic mass is 32.1. The average Bonchev–Trinajstić information content (AvgIpc) is 2.51. The molecule has 78 valence electrons. The fourth-order valence-electron chi connectivity index (χ4n) is 2.34. The normalized spacial score (nSPS) is 26.3. The summed E-state index contributed by atoms with van der Waals surface area (Å²) in [4.78, 5) is 4.32. The standard InChI is InChI=1S/C10H17N3S/c1-10(2)6-4-3-5-7(10)8-12-9(11)13-14-8/h7H,3-6H2,1-2H3,(H2,11,13). The van der Waals surface area contributed by atoms with Crippen LogP contribution in [0.4, 0.5) is 5.95 Å². The van der Waals surface area contributed by atoms with Gasteiger partial charge < -0.3 is 5.73 Å². The maximum absolute atomic E-state index is 5.56. The van der Waals surface area contributed by atoms with Crippen LogP contribution in [0.3, 0.4) is 0 Å². The van der Waals surface area contributed by atoms with E-state index in [1.807, 2.05) is 0 Å². The van der Waals surface area contributed by atoms with Gasteiger partial charge in [-0.2, -0.15) is 4.37 Å². The van der Waals surface area contributed by atoms with Gasteiger partial charge in [0.15, 0.2) is 0 Å². The van der Waals surface area contributed by atoms with E-state index in [4.69, 9.17) is 5.73 Å². The highest BCUT2D eigenvalue weighted by Crippen LogP contribution is 2.47. The highest BCUT2D eigenvalue weighted by molar-refractivity contribution is 7.05. The van der Waals surface area contributed by atoms with Crippen LogP contribution in [0.2, 0.25) is 0 Å². The molecule has 0 amide bonds. The van der Waals surface area contributed by atoms with Crippen LogP contribution >= 0.6 is 11.5 Å². The molecule has 0 saturated heterocycles. The van der Waals surface area contributed by atoms with E-state index in [9.17, 15) is 0 Å². The number of hydrogen-bond donors (Lipinski definition) is 1. The van der Waals surface area contributed by atoms with E-state index >= 15 is 0 Å². The molecule has 3 nitrogen and oxygen atoms in total. The predicted octanol–water partition coefficient (Wildman–Crippen LogP) is 2.80. The predicted molar refractivity (Wildman–Crippen MR) is 59.3 cm³/mol. The van der Waals surface area contributed by atoms with Gasteiger partial charge in [0, 0.05) is 5.92 Å². The smallest absolute Gasteiger partial charge is 0.232 e. The van der Waals surface area contributed by atoms with E-state index in [1.54, 1.807) is 0 Å². The number of hydrogen-bond acceptors (Lipinski definition) is 4. The van der Waals surface area contributed by atoms with E-state index in [1.165, 1.54) is 37.2 Å². The van der Waals surface area contributed by atoms with Crippen molar-refractivity contribution in [2.75, 3.05) is 5.73 Å². The first-order valence-electron chi connectivity index (χ1n) is 5.19. The Balaban J connectivity index is 2.23. The average molecular weight is 211 g/mol. The molecule has 14 heavy (non-hydrogen) atoms. The largest absolute Gasteiger partial charge is 0.367 e. The van der Waals surface area contributed by atoms with Gasteiger partial charge in [-0.1, -0.05) is 26.7 Å². The molecule has 2 N–H and O–H groups in total. The number of aromatic nitrogens is 2. The summed E-state index contributed by atoms with van der Waals surface area (Å²) in [5.41, 5.74) is 5.93. The summed E-state index contributed by atoms with van der Waals surface area (Å²) in [6, 6.07) is 0. The van der Waals surface area contributed by atoms with Crippen LogP contribution in [0.25, 0.3) is 0 Å². The molecule has 1 aliphatic carbocycles. The fourth-order valence-corrected chi connectivity index (χ4v) is 3.27. The van der Waals surface area contributed by atoms with Gasteiger partial charge in [0.25, 0.3) is 0 Å². The van der Waals surface area contributed by atoms with Gasteiger partial charge in [0.2, 0.25) is 5.95 Å². The molecule has 0 spiro atoms. The van der Waals surface area contributed by atoms with Gasteiger partial charge in [0.05, 0.1) is 0 Å². The number of nitrogens with two attached hydrogens (primary N) is 1. The van der Waals surface area contributed by atoms with Crippen LogP contribution < -0.4 is 5.73 Å². The lowest BCUT2D eigenvalue weighted by atomic mass is 9.69. The molecule has 1 aromatic heterocycles. The minimum atomic E-state index is 0.365. The maximum Gasteiger partial charge on any atom is 0.232 e. The Morgan fingerprint density at radius 1 is 1.43 bits per heavy atom. The van der Waals surface area contributed by atoms with Crippen molar-refractivity contribution in [3.8, 4) is 0 Å². The molecule has 1 saturated carbocycles. The molecule has 1 unspecified atom stereocenters. The molecule has 1 aromatic rings. The lowest BCUT2D eigenvalue weighted by Gasteiger charge is -2.37. The van der Waals surface area contributed by atoms with Crippen molar-refractivity contribution < 1.29 is 0 Å². The second-order valence-corrected chi connectivity index (χ2v) is 5.56. The summed E-state index contributed by atoms with van der Waals surface area (Å²) in [5.74, 6) is 0.998. The number of nitrogens with zero attached hydrogens (tertiary/aromatic N) is 2. The summed E-state index contributed by atoms with van der Waals surface area (Å²) in [6.07, 6.45) is 5.18. The van der Waals surface area contributed by atoms with Gasteiger partial charge in [0.1, 0.15) is 5.01 Å². The minimum Gasteiger partial charge on any atom is -0.367 e. The molecule has 1 fully saturated rings. The Morgan fingerprint density at radius 3 is 2.79 bits per heavy atom. The zero-order valence-electron chi connectivity index (χ0n) is 8.79. The van der Waals surface area contributed by atoms with Gasteiger partial charge in [-0.3, -0.25) is 0 Å². The van der Waals surface area contributed by atoms with E-state index in [0.29, 0.717) is 17.3 Å². The zero-order chi connectivity index (χ0) is 10.2. The first-order valence-corrected chi connectivity index (χ1v) is 5.96. The van der Waals surface area contributed by atoms with E-state index < -0.39 is 0 Å². The third-order valence-electron chi connectivity index (χ3n) is 3.26. The van der Waals surface area contributed by atoms with Gasteiger partial charge in [-0.15, -0.1) is 0 Å². The van der Waals surface area contributed by atoms with Crippen LogP contribution in [0.1, 0.15) is 50.5 Å². The summed E-state index contributed by atoms with van der Waals surface area (Å²) in [7, 11) is 0. The molecule has 0 radical (unpaired) electrons. The zero-order valence-corrected chi connectivity index (χ0v) is 9.60. The molecular weight excluding hydrogens is 194 g/mol. The fraction of sp³-hybridized carbons (Fsp3) is 0.800. The van der Waals surface area contributed by atoms with Crippen molar-refractivity contribution in [3.05, 3.63) is 5.01 Å². The molecule has 1 aliphatic rings. The Hall–Kier alpha value is -0.640. The van der Waals surface area contributed by atoms with Crippen LogP contribution in [0, 0.1) is 5.41 Å². The van der Waals surface area contributed by atoms with Crippen LogP contribution in [0.5, 0.6) is 0 Å². The van der Waals surface area contributed by atoms with Crippen molar-refractivity contribution in [2.24, 2.45) is 5.41 Å². The molecule has 1 heterocycles. The first kappa shape index (κ1) is 9.90. The lowest BCUT2D eigenvalue weighted by Crippen LogP contribution is -2.25. The Labute approximate surface area is 88.9 Å². The topological polar surface area (TPSA) is 51.8 Å². The van der Waals surface area contributed by atoms with Gasteiger partial charge >= 0.3 is 0 Å². The Bertz CT molecular complexity index is 319. The monoisotopic (exact) mass is 211 g/mol. The molecule has 0 aromatic carbocycles. The molecule has 0 bridgehead atoms. The van der Waals surface area contributed by atoms with Crippen LogP contribution in [-0.2, 0) is 0 Å². The van der Waals surface area contributed by atoms with Crippen molar-refractivity contribution in [2.45, 2.75) is 45.4 Å². The van der Waals surface area contributed by atoms with Crippen molar-refractivity contribution >= 4 is 17.5 Å². The van der Waals surface area contributed by atoms with Gasteiger partial charge in [-0.25, -0.2) is 4.98 Å². The highest BCUT2D eigenvalue weighted by Gasteiger charge is 2.35. The Kier molecular flexibility index (Phi) is 2.47. The van der Waals surface area contributed by atoms with Crippen molar-refractivity contribution in [1.82, 2.24) is 9.36 Å². The summed E-state index contributed by atoms with van der Waals surface area (Å²) in [6.45, 7) is 4.66. The number of rotatable bonds is 1. The summed E-state index contributed by atoms with van der Waals surface area (Å²) < 4.78 is 4.07. The Morgan fingerprint density at radius 2 is 2.21 bits per heavy atom. The maximum atomic E-state index is 5.56. The SMILES string of the molecule is CC1(C)CCCCC1c1nc(N)ns1. The lowest BCUT2D eigenvalue weighted by molar-refractivity contribution is 0.199. The van der Waals surface area contributed by atoms with E-state index in [-0.39, 0.29) is 0 Å². The van der Waals surface area contributed by atoms with Gasteiger partial charge in [-0.05, 0) is 29.8 Å². The van der Waals surface area contributed by atoms with E-state index in [2.05, 4.69) is 23.2 Å². The van der Waals surface area contributed by atoms with Crippen LogP contribution in [-0.4, -0.2) is 9.36 Å².